The van der Waals surface area contributed by atoms with E-state index in [0.29, 0.717) is 24.0 Å². The monoisotopic (exact) mass is 429 g/mol. The minimum absolute atomic E-state index is 0.323. The first kappa shape index (κ1) is 23.2. The van der Waals surface area contributed by atoms with Crippen LogP contribution in [0.3, 0.4) is 0 Å². The molecule has 8 heteroatoms. The first-order chi connectivity index (χ1) is 14.2. The van der Waals surface area contributed by atoms with Crippen LogP contribution in [0.25, 0.3) is 0 Å². The highest BCUT2D eigenvalue weighted by Crippen LogP contribution is 2.21. The van der Waals surface area contributed by atoms with E-state index in [4.69, 9.17) is 4.74 Å². The van der Waals surface area contributed by atoms with Gasteiger partial charge in [-0.1, -0.05) is 50.8 Å². The van der Waals surface area contributed by atoms with Crippen LogP contribution in [0, 0.1) is 0 Å². The number of sulfonamides is 1. The highest BCUT2D eigenvalue weighted by Gasteiger charge is 2.20. The molecule has 0 aliphatic carbocycles. The number of hydrazone groups is 1. The van der Waals surface area contributed by atoms with E-state index in [1.165, 1.54) is 6.21 Å². The van der Waals surface area contributed by atoms with Crippen molar-refractivity contribution in [2.75, 3.05) is 23.7 Å². The smallest absolute Gasteiger partial charge is 0.260 e. The van der Waals surface area contributed by atoms with Gasteiger partial charge in [-0.15, -0.1) is 0 Å². The molecule has 0 spiro atoms. The molecule has 0 aliphatic heterocycles. The Morgan fingerprint density at radius 2 is 1.93 bits per heavy atom. The SMILES string of the molecule is C=CCOc1cccc(/C=N\NC(=O)CN(c2ccc(C(C)C)cc2)S(C)(=O)=O)c1. The van der Waals surface area contributed by atoms with Gasteiger partial charge in [0.15, 0.2) is 0 Å². The van der Waals surface area contributed by atoms with Gasteiger partial charge >= 0.3 is 0 Å². The van der Waals surface area contributed by atoms with Crippen LogP contribution in [0.2, 0.25) is 0 Å². The summed E-state index contributed by atoms with van der Waals surface area (Å²) in [6.45, 7) is 7.71. The van der Waals surface area contributed by atoms with Crippen LogP contribution >= 0.6 is 0 Å². The number of hydrogen-bond acceptors (Lipinski definition) is 5. The maximum atomic E-state index is 12.3. The minimum atomic E-state index is -3.64. The lowest BCUT2D eigenvalue weighted by molar-refractivity contribution is -0.119. The largest absolute Gasteiger partial charge is 0.490 e. The van der Waals surface area contributed by atoms with Crippen LogP contribution < -0.4 is 14.5 Å². The number of anilines is 1. The zero-order chi connectivity index (χ0) is 22.1. The number of benzene rings is 2. The van der Waals surface area contributed by atoms with Crippen molar-refractivity contribution in [2.45, 2.75) is 19.8 Å². The van der Waals surface area contributed by atoms with E-state index in [0.717, 1.165) is 21.7 Å². The van der Waals surface area contributed by atoms with Gasteiger partial charge in [-0.25, -0.2) is 13.8 Å². The number of carbonyl (C=O) groups is 1. The molecular weight excluding hydrogens is 402 g/mol. The summed E-state index contributed by atoms with van der Waals surface area (Å²) in [5.41, 5.74) is 4.59. The Bertz CT molecular complexity index is 999. The zero-order valence-corrected chi connectivity index (χ0v) is 18.2. The number of nitrogens with zero attached hydrogens (tertiary/aromatic N) is 2. The van der Waals surface area contributed by atoms with Crippen LogP contribution in [0.1, 0.15) is 30.9 Å². The molecule has 7 nitrogen and oxygen atoms in total. The number of carbonyl (C=O) groups excluding carboxylic acids is 1. The van der Waals surface area contributed by atoms with Crippen LogP contribution in [-0.4, -0.2) is 39.9 Å². The van der Waals surface area contributed by atoms with Crippen molar-refractivity contribution in [3.05, 3.63) is 72.3 Å². The third-order valence-corrected chi connectivity index (χ3v) is 5.30. The fourth-order valence-electron chi connectivity index (χ4n) is 2.61. The molecule has 0 saturated heterocycles. The van der Waals surface area contributed by atoms with Crippen LogP contribution in [-0.2, 0) is 14.8 Å². The molecular formula is C22H27N3O4S. The molecule has 30 heavy (non-hydrogen) atoms. The Hall–Kier alpha value is -3.13. The predicted molar refractivity (Wildman–Crippen MR) is 121 cm³/mol. The lowest BCUT2D eigenvalue weighted by Crippen LogP contribution is -2.39. The molecule has 0 atom stereocenters. The van der Waals surface area contributed by atoms with Gasteiger partial charge in [-0.2, -0.15) is 5.10 Å². The summed E-state index contributed by atoms with van der Waals surface area (Å²) < 4.78 is 30.9. The summed E-state index contributed by atoms with van der Waals surface area (Å²) in [7, 11) is -3.64. The first-order valence-electron chi connectivity index (χ1n) is 9.44. The molecule has 0 heterocycles. The van der Waals surface area contributed by atoms with Crippen LogP contribution in [0.15, 0.2) is 66.3 Å². The molecule has 0 saturated carbocycles. The molecule has 0 unspecified atom stereocenters. The predicted octanol–water partition coefficient (Wildman–Crippen LogP) is 3.29. The van der Waals surface area contributed by atoms with Gasteiger partial charge in [0, 0.05) is 0 Å². The first-order valence-corrected chi connectivity index (χ1v) is 11.3. The van der Waals surface area contributed by atoms with Gasteiger partial charge in [-0.3, -0.25) is 9.10 Å². The van der Waals surface area contributed by atoms with Crippen LogP contribution in [0.4, 0.5) is 5.69 Å². The second-order valence-corrected chi connectivity index (χ2v) is 8.89. The standard InChI is InChI=1S/C22H27N3O4S/c1-5-13-29-21-8-6-7-18(14-21)15-23-24-22(26)16-25(30(4,27)28)20-11-9-19(10-12-20)17(2)3/h5-12,14-15,17H,1,13,16H2,2-4H3,(H,24,26)/b23-15-. The summed E-state index contributed by atoms with van der Waals surface area (Å²) in [6, 6.07) is 14.3. The molecule has 2 aromatic rings. The Balaban J connectivity index is 2.04. The fourth-order valence-corrected chi connectivity index (χ4v) is 3.47. The second kappa shape index (κ2) is 10.6. The van der Waals surface area contributed by atoms with Crippen LogP contribution in [0.5, 0.6) is 5.75 Å². The van der Waals surface area contributed by atoms with Crippen molar-refractivity contribution in [3.8, 4) is 5.75 Å². The molecule has 0 aromatic heterocycles. The zero-order valence-electron chi connectivity index (χ0n) is 17.4. The third kappa shape index (κ3) is 7.04. The van der Waals surface area contributed by atoms with Gasteiger partial charge in [0.05, 0.1) is 18.2 Å². The average Bonchev–Trinajstić information content (AvgIpc) is 2.70. The van der Waals surface area contributed by atoms with E-state index in [-0.39, 0.29) is 6.54 Å². The molecule has 0 radical (unpaired) electrons. The Kier molecular flexibility index (Phi) is 8.17. The lowest BCUT2D eigenvalue weighted by Gasteiger charge is -2.21. The Labute approximate surface area is 178 Å². The van der Waals surface area contributed by atoms with Gasteiger partial charge < -0.3 is 4.74 Å². The minimum Gasteiger partial charge on any atom is -0.490 e. The molecule has 0 aliphatic rings. The number of nitrogens with one attached hydrogen (secondary N) is 1. The van der Waals surface area contributed by atoms with Crippen molar-refractivity contribution in [3.63, 3.8) is 0 Å². The van der Waals surface area contributed by atoms with Crippen molar-refractivity contribution in [2.24, 2.45) is 5.10 Å². The van der Waals surface area contributed by atoms with Gasteiger partial charge in [0.25, 0.3) is 5.91 Å². The number of rotatable bonds is 10. The molecule has 2 rings (SSSR count). The van der Waals surface area contributed by atoms with Gasteiger partial charge in [0.1, 0.15) is 18.9 Å². The van der Waals surface area contributed by atoms with E-state index in [1.54, 1.807) is 42.5 Å². The molecule has 0 fully saturated rings. The average molecular weight is 430 g/mol. The molecule has 2 aromatic carbocycles. The molecule has 160 valence electrons. The summed E-state index contributed by atoms with van der Waals surface area (Å²) in [5.74, 6) is 0.422. The summed E-state index contributed by atoms with van der Waals surface area (Å²) >= 11 is 0. The van der Waals surface area contributed by atoms with Crippen molar-refractivity contribution in [1.82, 2.24) is 5.43 Å². The number of hydrogen-bond donors (Lipinski definition) is 1. The maximum Gasteiger partial charge on any atom is 0.260 e. The van der Waals surface area contributed by atoms with Gasteiger partial charge in [0.2, 0.25) is 10.0 Å². The topological polar surface area (TPSA) is 88.1 Å². The van der Waals surface area contributed by atoms with E-state index in [9.17, 15) is 13.2 Å². The molecule has 1 amide bonds. The Morgan fingerprint density at radius 3 is 2.53 bits per heavy atom. The van der Waals surface area contributed by atoms with Crippen molar-refractivity contribution >= 4 is 27.8 Å². The van der Waals surface area contributed by atoms with E-state index < -0.39 is 15.9 Å². The second-order valence-electron chi connectivity index (χ2n) is 6.98. The fraction of sp³-hybridized carbons (Fsp3) is 0.273. The highest BCUT2D eigenvalue weighted by atomic mass is 32.2. The van der Waals surface area contributed by atoms with Crippen molar-refractivity contribution < 1.29 is 17.9 Å². The summed E-state index contributed by atoms with van der Waals surface area (Å²) in [5, 5.41) is 3.91. The normalized spacial score (nSPS) is 11.5. The lowest BCUT2D eigenvalue weighted by atomic mass is 10.0. The van der Waals surface area contributed by atoms with E-state index in [1.807, 2.05) is 12.1 Å². The number of ether oxygens (including phenoxy) is 1. The molecule has 1 N–H and O–H groups in total. The van der Waals surface area contributed by atoms with Crippen molar-refractivity contribution in [1.29, 1.82) is 0 Å². The quantitative estimate of drug-likeness (QED) is 0.357. The van der Waals surface area contributed by atoms with E-state index in [2.05, 4.69) is 31.0 Å². The Morgan fingerprint density at radius 1 is 1.23 bits per heavy atom. The molecule has 0 bridgehead atoms. The maximum absolute atomic E-state index is 12.3. The third-order valence-electron chi connectivity index (χ3n) is 4.16. The van der Waals surface area contributed by atoms with Gasteiger partial charge in [-0.05, 0) is 41.3 Å². The van der Waals surface area contributed by atoms with E-state index >= 15 is 0 Å². The summed E-state index contributed by atoms with van der Waals surface area (Å²) in [6.07, 6.45) is 4.17. The summed E-state index contributed by atoms with van der Waals surface area (Å²) in [4.78, 5) is 12.3. The number of amides is 1. The highest BCUT2D eigenvalue weighted by molar-refractivity contribution is 7.92.